The van der Waals surface area contributed by atoms with Crippen molar-refractivity contribution in [3.8, 4) is 0 Å². The Bertz CT molecular complexity index is 877. The first-order valence-electron chi connectivity index (χ1n) is 8.26. The maximum absolute atomic E-state index is 13.5. The number of benzene rings is 2. The molecule has 6 nitrogen and oxygen atoms in total. The number of halogens is 2. The third kappa shape index (κ3) is 4.66. The highest BCUT2D eigenvalue weighted by molar-refractivity contribution is 6.04. The summed E-state index contributed by atoms with van der Waals surface area (Å²) >= 11 is 0. The highest BCUT2D eigenvalue weighted by Crippen LogP contribution is 2.21. The van der Waals surface area contributed by atoms with Gasteiger partial charge in [-0.25, -0.2) is 13.6 Å². The summed E-state index contributed by atoms with van der Waals surface area (Å²) in [6, 6.07) is 9.44. The lowest BCUT2D eigenvalue weighted by molar-refractivity contribution is -0.119. The van der Waals surface area contributed by atoms with Gasteiger partial charge in [0.05, 0.1) is 11.3 Å². The standard InChI is InChI=1S/C19H16F2N2O4/c20-13-5-3-6-14(21)17(13)19(26)27-10-16(24)23-15-7-2-1-4-12(15)18(25)22-11-8-9-11/h1-7,11H,8-10H2,(H,22,25)(H,23,24). The van der Waals surface area contributed by atoms with Gasteiger partial charge in [-0.3, -0.25) is 9.59 Å². The van der Waals surface area contributed by atoms with Crippen LogP contribution in [0, 0.1) is 11.6 Å². The van der Waals surface area contributed by atoms with E-state index in [0.717, 1.165) is 31.0 Å². The second-order valence-corrected chi connectivity index (χ2v) is 6.01. The molecule has 2 N–H and O–H groups in total. The average molecular weight is 374 g/mol. The second-order valence-electron chi connectivity index (χ2n) is 6.01. The number of hydrogen-bond acceptors (Lipinski definition) is 4. The van der Waals surface area contributed by atoms with Crippen molar-refractivity contribution >= 4 is 23.5 Å². The van der Waals surface area contributed by atoms with E-state index < -0.39 is 35.7 Å². The minimum Gasteiger partial charge on any atom is -0.452 e. The van der Waals surface area contributed by atoms with Crippen molar-refractivity contribution in [2.75, 3.05) is 11.9 Å². The van der Waals surface area contributed by atoms with E-state index in [2.05, 4.69) is 15.4 Å². The number of esters is 1. The number of anilines is 1. The van der Waals surface area contributed by atoms with E-state index in [1.807, 2.05) is 0 Å². The zero-order valence-electron chi connectivity index (χ0n) is 14.1. The van der Waals surface area contributed by atoms with E-state index in [-0.39, 0.29) is 23.2 Å². The molecule has 0 bridgehead atoms. The molecule has 0 heterocycles. The quantitative estimate of drug-likeness (QED) is 0.762. The second kappa shape index (κ2) is 7.94. The van der Waals surface area contributed by atoms with Gasteiger partial charge in [0.15, 0.2) is 6.61 Å². The van der Waals surface area contributed by atoms with E-state index in [1.165, 1.54) is 6.07 Å². The van der Waals surface area contributed by atoms with Crippen molar-refractivity contribution in [1.82, 2.24) is 5.32 Å². The molecule has 140 valence electrons. The van der Waals surface area contributed by atoms with Gasteiger partial charge in [0.25, 0.3) is 11.8 Å². The number of carbonyl (C=O) groups is 3. The Hall–Kier alpha value is -3.29. The maximum atomic E-state index is 13.5. The lowest BCUT2D eigenvalue weighted by atomic mass is 10.1. The van der Waals surface area contributed by atoms with Crippen LogP contribution in [-0.4, -0.2) is 30.4 Å². The van der Waals surface area contributed by atoms with Gasteiger partial charge in [-0.1, -0.05) is 18.2 Å². The first-order valence-corrected chi connectivity index (χ1v) is 8.26. The van der Waals surface area contributed by atoms with Crippen molar-refractivity contribution in [3.05, 3.63) is 65.2 Å². The fourth-order valence-corrected chi connectivity index (χ4v) is 2.36. The number of nitrogens with one attached hydrogen (secondary N) is 2. The number of ether oxygens (including phenoxy) is 1. The summed E-state index contributed by atoms with van der Waals surface area (Å²) < 4.78 is 31.7. The zero-order chi connectivity index (χ0) is 19.4. The van der Waals surface area contributed by atoms with E-state index >= 15 is 0 Å². The normalized spacial score (nSPS) is 13.0. The minimum absolute atomic E-state index is 0.151. The first-order chi connectivity index (χ1) is 13.0. The SMILES string of the molecule is O=C(COC(=O)c1c(F)cccc1F)Nc1ccccc1C(=O)NC1CC1. The molecule has 27 heavy (non-hydrogen) atoms. The van der Waals surface area contributed by atoms with Crippen molar-refractivity contribution in [1.29, 1.82) is 0 Å². The summed E-state index contributed by atoms with van der Waals surface area (Å²) in [7, 11) is 0. The Labute approximate surface area is 153 Å². The van der Waals surface area contributed by atoms with Crippen LogP contribution in [-0.2, 0) is 9.53 Å². The smallest absolute Gasteiger partial charge is 0.344 e. The van der Waals surface area contributed by atoms with E-state index in [9.17, 15) is 23.2 Å². The Morgan fingerprint density at radius 2 is 1.67 bits per heavy atom. The fourth-order valence-electron chi connectivity index (χ4n) is 2.36. The molecule has 1 fully saturated rings. The molecule has 0 aliphatic heterocycles. The maximum Gasteiger partial charge on any atom is 0.344 e. The Morgan fingerprint density at radius 1 is 1.00 bits per heavy atom. The van der Waals surface area contributed by atoms with Gasteiger partial charge in [-0.05, 0) is 37.1 Å². The largest absolute Gasteiger partial charge is 0.452 e. The highest BCUT2D eigenvalue weighted by atomic mass is 19.1. The molecule has 1 aliphatic rings. The lowest BCUT2D eigenvalue weighted by Gasteiger charge is -2.11. The highest BCUT2D eigenvalue weighted by Gasteiger charge is 2.25. The third-order valence-corrected chi connectivity index (χ3v) is 3.86. The van der Waals surface area contributed by atoms with E-state index in [0.29, 0.717) is 0 Å². The van der Waals surface area contributed by atoms with Gasteiger partial charge >= 0.3 is 5.97 Å². The number of hydrogen-bond donors (Lipinski definition) is 2. The van der Waals surface area contributed by atoms with Crippen LogP contribution in [0.1, 0.15) is 33.6 Å². The van der Waals surface area contributed by atoms with Crippen molar-refractivity contribution in [3.63, 3.8) is 0 Å². The first kappa shape index (κ1) is 18.5. The Morgan fingerprint density at radius 3 is 2.33 bits per heavy atom. The minimum atomic E-state index is -1.29. The molecule has 1 saturated carbocycles. The summed E-state index contributed by atoms with van der Waals surface area (Å²) in [5.41, 5.74) is -0.354. The predicted octanol–water partition coefficient (Wildman–Crippen LogP) is 2.65. The summed E-state index contributed by atoms with van der Waals surface area (Å²) in [6.45, 7) is -0.759. The summed E-state index contributed by atoms with van der Waals surface area (Å²) in [5, 5.41) is 5.27. The molecular formula is C19H16F2N2O4. The molecular weight excluding hydrogens is 358 g/mol. The van der Waals surface area contributed by atoms with Gasteiger partial charge in [0.1, 0.15) is 17.2 Å². The molecule has 0 unspecified atom stereocenters. The summed E-state index contributed by atoms with van der Waals surface area (Å²) in [5.74, 6) is -4.52. The molecule has 1 aliphatic carbocycles. The molecule has 2 aromatic rings. The molecule has 0 radical (unpaired) electrons. The van der Waals surface area contributed by atoms with Crippen LogP contribution in [0.15, 0.2) is 42.5 Å². The lowest BCUT2D eigenvalue weighted by Crippen LogP contribution is -2.28. The summed E-state index contributed by atoms with van der Waals surface area (Å²) in [4.78, 5) is 36.0. The molecule has 3 rings (SSSR count). The Kier molecular flexibility index (Phi) is 5.44. The van der Waals surface area contributed by atoms with Crippen molar-refractivity contribution < 1.29 is 27.9 Å². The van der Waals surface area contributed by atoms with E-state index in [1.54, 1.807) is 18.2 Å². The molecule has 0 saturated heterocycles. The molecule has 2 amide bonds. The monoisotopic (exact) mass is 374 g/mol. The van der Waals surface area contributed by atoms with Crippen LogP contribution in [0.3, 0.4) is 0 Å². The van der Waals surface area contributed by atoms with Crippen LogP contribution in [0.2, 0.25) is 0 Å². The van der Waals surface area contributed by atoms with Crippen molar-refractivity contribution in [2.24, 2.45) is 0 Å². The van der Waals surface area contributed by atoms with Gasteiger partial charge in [-0.15, -0.1) is 0 Å². The molecule has 0 spiro atoms. The van der Waals surface area contributed by atoms with Crippen LogP contribution in [0.5, 0.6) is 0 Å². The van der Waals surface area contributed by atoms with E-state index in [4.69, 9.17) is 0 Å². The Balaban J connectivity index is 1.61. The van der Waals surface area contributed by atoms with Crippen molar-refractivity contribution in [2.45, 2.75) is 18.9 Å². The van der Waals surface area contributed by atoms with Crippen LogP contribution < -0.4 is 10.6 Å². The predicted molar refractivity (Wildman–Crippen MR) is 92.2 cm³/mol. The average Bonchev–Trinajstić information content (AvgIpc) is 3.44. The zero-order valence-corrected chi connectivity index (χ0v) is 14.1. The molecule has 2 aromatic carbocycles. The van der Waals surface area contributed by atoms with Gasteiger partial charge in [-0.2, -0.15) is 0 Å². The topological polar surface area (TPSA) is 84.5 Å². The molecule has 8 heteroatoms. The third-order valence-electron chi connectivity index (χ3n) is 3.86. The van der Waals surface area contributed by atoms with Crippen LogP contribution >= 0.6 is 0 Å². The number of rotatable bonds is 6. The fraction of sp³-hybridized carbons (Fsp3) is 0.211. The number of amides is 2. The summed E-state index contributed by atoms with van der Waals surface area (Å²) in [6.07, 6.45) is 1.84. The molecule has 0 aromatic heterocycles. The number of carbonyl (C=O) groups excluding carboxylic acids is 3. The van der Waals surface area contributed by atoms with Crippen LogP contribution in [0.4, 0.5) is 14.5 Å². The van der Waals surface area contributed by atoms with Gasteiger partial charge < -0.3 is 15.4 Å². The van der Waals surface area contributed by atoms with Gasteiger partial charge in [0, 0.05) is 6.04 Å². The van der Waals surface area contributed by atoms with Gasteiger partial charge in [0.2, 0.25) is 0 Å². The molecule has 0 atom stereocenters. The van der Waals surface area contributed by atoms with Crippen LogP contribution in [0.25, 0.3) is 0 Å². The number of para-hydroxylation sites is 1.